The Morgan fingerprint density at radius 1 is 1.37 bits per heavy atom. The summed E-state index contributed by atoms with van der Waals surface area (Å²) in [5.41, 5.74) is 3.83. The maximum Gasteiger partial charge on any atom is 0.244 e. The molecule has 1 aromatic heterocycles. The molecule has 7 heteroatoms. The van der Waals surface area contributed by atoms with Crippen LogP contribution in [0.3, 0.4) is 0 Å². The smallest absolute Gasteiger partial charge is 0.244 e. The molecule has 2 N–H and O–H groups in total. The maximum atomic E-state index is 12.8. The van der Waals surface area contributed by atoms with Crippen molar-refractivity contribution in [1.82, 2.24) is 20.2 Å². The Labute approximate surface area is 157 Å². The Kier molecular flexibility index (Phi) is 4.53. The van der Waals surface area contributed by atoms with E-state index in [2.05, 4.69) is 15.3 Å². The summed E-state index contributed by atoms with van der Waals surface area (Å²) >= 11 is 0. The Morgan fingerprint density at radius 3 is 3.00 bits per heavy atom. The Morgan fingerprint density at radius 2 is 2.22 bits per heavy atom. The van der Waals surface area contributed by atoms with Gasteiger partial charge in [0.15, 0.2) is 11.5 Å². The zero-order chi connectivity index (χ0) is 19.0. The van der Waals surface area contributed by atoms with Gasteiger partial charge in [0.25, 0.3) is 0 Å². The number of amides is 1. The van der Waals surface area contributed by atoms with Crippen LogP contribution in [-0.2, 0) is 11.3 Å². The molecule has 2 aliphatic rings. The molecule has 140 valence electrons. The summed E-state index contributed by atoms with van der Waals surface area (Å²) in [5.74, 6) is 0.497. The van der Waals surface area contributed by atoms with Crippen LogP contribution in [0, 0.1) is 13.8 Å². The highest BCUT2D eigenvalue weighted by atomic mass is 16.5. The molecule has 4 rings (SSSR count). The lowest BCUT2D eigenvalue weighted by Crippen LogP contribution is -2.44. The maximum absolute atomic E-state index is 12.8. The number of aromatic nitrogens is 2. The van der Waals surface area contributed by atoms with Crippen LogP contribution in [0.25, 0.3) is 11.3 Å². The first-order valence-electron chi connectivity index (χ1n) is 9.01. The lowest BCUT2D eigenvalue weighted by Gasteiger charge is -2.23. The van der Waals surface area contributed by atoms with Crippen molar-refractivity contribution in [3.63, 3.8) is 0 Å². The van der Waals surface area contributed by atoms with Crippen LogP contribution in [0.1, 0.15) is 17.0 Å². The van der Waals surface area contributed by atoms with Gasteiger partial charge >= 0.3 is 0 Å². The van der Waals surface area contributed by atoms with E-state index >= 15 is 0 Å². The van der Waals surface area contributed by atoms with Crippen LogP contribution in [0.2, 0.25) is 0 Å². The van der Waals surface area contributed by atoms with Gasteiger partial charge in [-0.1, -0.05) is 12.2 Å². The highest BCUT2D eigenvalue weighted by Gasteiger charge is 2.28. The second-order valence-electron chi connectivity index (χ2n) is 6.85. The molecule has 2 aromatic rings. The number of hydrogen-bond donors (Lipinski definition) is 2. The van der Waals surface area contributed by atoms with Gasteiger partial charge in [0.2, 0.25) is 5.91 Å². The van der Waals surface area contributed by atoms with E-state index in [-0.39, 0.29) is 17.7 Å². The molecule has 1 unspecified atom stereocenters. The quantitative estimate of drug-likeness (QED) is 0.787. The first-order valence-corrected chi connectivity index (χ1v) is 9.01. The first-order chi connectivity index (χ1) is 13.0. The van der Waals surface area contributed by atoms with Crippen molar-refractivity contribution in [2.75, 3.05) is 19.7 Å². The number of carbonyl (C=O) groups is 1. The normalized spacial score (nSPS) is 18.7. The number of phenols is 1. The van der Waals surface area contributed by atoms with Crippen molar-refractivity contribution in [2.45, 2.75) is 26.4 Å². The summed E-state index contributed by atoms with van der Waals surface area (Å²) in [7, 11) is 0. The standard InChI is InChI=1S/C20H22N4O3/c1-12-10-22-13(2)18(23-12)14-8-15-11-24(20(26)16-4-3-5-21-16)6-7-27-19(15)17(25)9-14/h3-4,8-10,16,21,25H,5-7,11H2,1-2H3. The average molecular weight is 366 g/mol. The largest absolute Gasteiger partial charge is 0.504 e. The SMILES string of the molecule is Cc1cnc(C)c(-c2cc(O)c3c(c2)CN(C(=O)C2C=CCN2)CCO3)n1. The summed E-state index contributed by atoms with van der Waals surface area (Å²) in [6, 6.07) is 3.27. The molecule has 0 fully saturated rings. The number of hydrogen-bond acceptors (Lipinski definition) is 6. The highest BCUT2D eigenvalue weighted by molar-refractivity contribution is 5.84. The molecule has 1 aromatic carbocycles. The van der Waals surface area contributed by atoms with Crippen LogP contribution in [0.4, 0.5) is 0 Å². The van der Waals surface area contributed by atoms with Crippen LogP contribution in [0.5, 0.6) is 11.5 Å². The molecule has 7 nitrogen and oxygen atoms in total. The van der Waals surface area contributed by atoms with Crippen LogP contribution >= 0.6 is 0 Å². The number of nitrogens with one attached hydrogen (secondary N) is 1. The number of fused-ring (bicyclic) bond motifs is 1. The van der Waals surface area contributed by atoms with Gasteiger partial charge in [-0.15, -0.1) is 0 Å². The Bertz CT molecular complexity index is 926. The average Bonchev–Trinajstić information content (AvgIpc) is 3.10. The topological polar surface area (TPSA) is 87.6 Å². The van der Waals surface area contributed by atoms with Gasteiger partial charge in [0.1, 0.15) is 12.6 Å². The zero-order valence-corrected chi connectivity index (χ0v) is 15.4. The number of nitrogens with zero attached hydrogens (tertiary/aromatic N) is 3. The van der Waals surface area contributed by atoms with Gasteiger partial charge in [0.05, 0.1) is 23.6 Å². The second-order valence-corrected chi connectivity index (χ2v) is 6.85. The van der Waals surface area contributed by atoms with Crippen molar-refractivity contribution in [2.24, 2.45) is 0 Å². The fourth-order valence-corrected chi connectivity index (χ4v) is 3.47. The zero-order valence-electron chi connectivity index (χ0n) is 15.4. The summed E-state index contributed by atoms with van der Waals surface area (Å²) in [6.45, 7) is 5.65. The fraction of sp³-hybridized carbons (Fsp3) is 0.350. The van der Waals surface area contributed by atoms with Crippen molar-refractivity contribution in [3.05, 3.63) is 47.4 Å². The van der Waals surface area contributed by atoms with Crippen LogP contribution in [-0.4, -0.2) is 51.6 Å². The lowest BCUT2D eigenvalue weighted by atomic mass is 10.0. The van der Waals surface area contributed by atoms with E-state index in [0.717, 1.165) is 28.2 Å². The Balaban J connectivity index is 1.70. The van der Waals surface area contributed by atoms with Crippen molar-refractivity contribution in [1.29, 1.82) is 0 Å². The Hall–Kier alpha value is -2.93. The number of benzene rings is 1. The second kappa shape index (κ2) is 7.00. The van der Waals surface area contributed by atoms with Crippen LogP contribution < -0.4 is 10.1 Å². The van der Waals surface area contributed by atoms with E-state index in [1.54, 1.807) is 17.2 Å². The molecule has 0 radical (unpaired) electrons. The van der Waals surface area contributed by atoms with Gasteiger partial charge in [-0.05, 0) is 26.0 Å². The lowest BCUT2D eigenvalue weighted by molar-refractivity contribution is -0.132. The van der Waals surface area contributed by atoms with Crippen molar-refractivity contribution in [3.8, 4) is 22.8 Å². The number of rotatable bonds is 2. The molecular formula is C20H22N4O3. The predicted octanol–water partition coefficient (Wildman–Crippen LogP) is 1.72. The van der Waals surface area contributed by atoms with Crippen LogP contribution in [0.15, 0.2) is 30.5 Å². The summed E-state index contributed by atoms with van der Waals surface area (Å²) in [5, 5.41) is 13.7. The van der Waals surface area contributed by atoms with E-state index in [1.807, 2.05) is 32.1 Å². The minimum absolute atomic E-state index is 0.0108. The van der Waals surface area contributed by atoms with E-state index in [0.29, 0.717) is 32.0 Å². The molecule has 0 aliphatic carbocycles. The monoisotopic (exact) mass is 366 g/mol. The number of carbonyl (C=O) groups excluding carboxylic acids is 1. The molecule has 0 saturated carbocycles. The summed E-state index contributed by atoms with van der Waals surface area (Å²) < 4.78 is 5.75. The number of aromatic hydroxyl groups is 1. The molecule has 27 heavy (non-hydrogen) atoms. The first kappa shape index (κ1) is 17.5. The van der Waals surface area contributed by atoms with Crippen molar-refractivity contribution < 1.29 is 14.6 Å². The minimum Gasteiger partial charge on any atom is -0.504 e. The highest BCUT2D eigenvalue weighted by Crippen LogP contribution is 2.37. The molecule has 1 amide bonds. The van der Waals surface area contributed by atoms with E-state index in [1.165, 1.54) is 0 Å². The molecular weight excluding hydrogens is 344 g/mol. The van der Waals surface area contributed by atoms with Gasteiger partial charge < -0.3 is 14.7 Å². The number of ether oxygens (including phenoxy) is 1. The number of aryl methyl sites for hydroxylation is 2. The molecule has 0 bridgehead atoms. The minimum atomic E-state index is -0.298. The molecule has 0 spiro atoms. The predicted molar refractivity (Wildman–Crippen MR) is 100 cm³/mol. The third-order valence-electron chi connectivity index (χ3n) is 4.83. The van der Waals surface area contributed by atoms with Crippen molar-refractivity contribution >= 4 is 5.91 Å². The fourth-order valence-electron chi connectivity index (χ4n) is 3.47. The number of phenolic OH excluding ortho intramolecular Hbond substituents is 1. The third-order valence-corrected chi connectivity index (χ3v) is 4.83. The van der Waals surface area contributed by atoms with Gasteiger partial charge in [-0.2, -0.15) is 0 Å². The molecule has 1 atom stereocenters. The van der Waals surface area contributed by atoms with E-state index in [4.69, 9.17) is 4.74 Å². The molecule has 3 heterocycles. The van der Waals surface area contributed by atoms with Gasteiger partial charge in [0, 0.05) is 30.4 Å². The molecule has 2 aliphatic heterocycles. The third kappa shape index (κ3) is 3.38. The van der Waals surface area contributed by atoms with E-state index < -0.39 is 0 Å². The summed E-state index contributed by atoms with van der Waals surface area (Å²) in [6.07, 6.45) is 5.55. The van der Waals surface area contributed by atoms with Gasteiger partial charge in [-0.25, -0.2) is 4.98 Å². The molecule has 0 saturated heterocycles. The van der Waals surface area contributed by atoms with Gasteiger partial charge in [-0.3, -0.25) is 15.1 Å². The summed E-state index contributed by atoms with van der Waals surface area (Å²) in [4.78, 5) is 23.4. The van der Waals surface area contributed by atoms with E-state index in [9.17, 15) is 9.90 Å².